The SMILES string of the molecule is C[C@@H]1C(=O)NCCN1C(=O)N[C@@H](c1ccc(OC(F)(F)F)c(Cl)c1)c1cnn(C(F)(F)F)c1. The van der Waals surface area contributed by atoms with Gasteiger partial charge in [0, 0.05) is 24.8 Å². The Morgan fingerprint density at radius 2 is 1.97 bits per heavy atom. The molecule has 8 nitrogen and oxygen atoms in total. The molecule has 0 bridgehead atoms. The fourth-order valence-corrected chi connectivity index (χ4v) is 3.38. The highest BCUT2D eigenvalue weighted by Gasteiger charge is 2.35. The summed E-state index contributed by atoms with van der Waals surface area (Å²) in [6.45, 7) is 1.76. The van der Waals surface area contributed by atoms with Crippen molar-refractivity contribution in [3.05, 3.63) is 46.7 Å². The standard InChI is InChI=1S/C18H16ClF6N5O3/c1-9-15(31)26-4-5-29(9)16(32)28-14(11-7-27-30(8-11)17(20,21)22)10-2-3-13(12(19)6-10)33-18(23,24)25/h2-3,6-9,14H,4-5H2,1H3,(H,26,31)(H,28,32)/t9-,14+/m1/s1. The number of nitrogens with one attached hydrogen (secondary N) is 2. The van der Waals surface area contributed by atoms with Crippen molar-refractivity contribution < 1.29 is 40.7 Å². The van der Waals surface area contributed by atoms with Gasteiger partial charge in [-0.3, -0.25) is 4.79 Å². The predicted molar refractivity (Wildman–Crippen MR) is 101 cm³/mol. The summed E-state index contributed by atoms with van der Waals surface area (Å²) in [6, 6.07) is 0.0654. The number of rotatable bonds is 4. The van der Waals surface area contributed by atoms with Gasteiger partial charge in [-0.25, -0.2) is 4.79 Å². The lowest BCUT2D eigenvalue weighted by molar-refractivity contribution is -0.274. The summed E-state index contributed by atoms with van der Waals surface area (Å²) >= 11 is 5.87. The van der Waals surface area contributed by atoms with Gasteiger partial charge in [-0.05, 0) is 24.6 Å². The van der Waals surface area contributed by atoms with Gasteiger partial charge in [0.2, 0.25) is 5.91 Å². The molecule has 1 aliphatic rings. The molecule has 2 atom stereocenters. The van der Waals surface area contributed by atoms with Crippen molar-refractivity contribution in [2.75, 3.05) is 13.1 Å². The highest BCUT2D eigenvalue weighted by Crippen LogP contribution is 2.34. The van der Waals surface area contributed by atoms with Crippen LogP contribution in [0.5, 0.6) is 5.75 Å². The minimum atomic E-state index is -5.02. The molecule has 2 heterocycles. The Labute approximate surface area is 187 Å². The van der Waals surface area contributed by atoms with E-state index in [2.05, 4.69) is 20.5 Å². The molecular formula is C18H16ClF6N5O3. The third kappa shape index (κ3) is 5.80. The van der Waals surface area contributed by atoms with E-state index >= 15 is 0 Å². The number of amides is 3. The zero-order valence-electron chi connectivity index (χ0n) is 16.7. The molecule has 0 unspecified atom stereocenters. The fraction of sp³-hybridized carbons (Fsp3) is 0.389. The summed E-state index contributed by atoms with van der Waals surface area (Å²) in [5.41, 5.74) is -0.0749. The van der Waals surface area contributed by atoms with E-state index in [1.807, 2.05) is 0 Å². The van der Waals surface area contributed by atoms with Gasteiger partial charge in [-0.1, -0.05) is 17.7 Å². The zero-order chi connectivity index (χ0) is 24.6. The van der Waals surface area contributed by atoms with Crippen LogP contribution >= 0.6 is 11.6 Å². The second-order valence-electron chi connectivity index (χ2n) is 6.97. The average Bonchev–Trinajstić information content (AvgIpc) is 3.19. The molecule has 1 aromatic heterocycles. The van der Waals surface area contributed by atoms with Crippen LogP contribution in [0.1, 0.15) is 24.1 Å². The van der Waals surface area contributed by atoms with Crippen molar-refractivity contribution in [1.29, 1.82) is 0 Å². The highest BCUT2D eigenvalue weighted by atomic mass is 35.5. The van der Waals surface area contributed by atoms with Crippen molar-refractivity contribution >= 4 is 23.5 Å². The molecule has 33 heavy (non-hydrogen) atoms. The first kappa shape index (κ1) is 24.5. The number of alkyl halides is 6. The molecule has 1 fully saturated rings. The Bertz CT molecular complexity index is 1040. The van der Waals surface area contributed by atoms with Crippen LogP contribution in [0.2, 0.25) is 5.02 Å². The Kier molecular flexibility index (Phi) is 6.68. The fourth-order valence-electron chi connectivity index (χ4n) is 3.15. The first-order valence-corrected chi connectivity index (χ1v) is 9.66. The second kappa shape index (κ2) is 9.00. The molecule has 2 aromatic rings. The Morgan fingerprint density at radius 1 is 1.27 bits per heavy atom. The molecule has 0 saturated carbocycles. The van der Waals surface area contributed by atoms with Crippen LogP contribution in [0, 0.1) is 0 Å². The van der Waals surface area contributed by atoms with E-state index in [9.17, 15) is 35.9 Å². The molecule has 1 aliphatic heterocycles. The molecule has 1 aromatic carbocycles. The molecule has 0 radical (unpaired) electrons. The summed E-state index contributed by atoms with van der Waals surface area (Å²) in [4.78, 5) is 25.9. The number of aromatic nitrogens is 2. The molecule has 2 N–H and O–H groups in total. The minimum absolute atomic E-state index is 0.0544. The van der Waals surface area contributed by atoms with E-state index in [-0.39, 0.29) is 28.9 Å². The lowest BCUT2D eigenvalue weighted by atomic mass is 10.0. The molecular weight excluding hydrogens is 484 g/mol. The van der Waals surface area contributed by atoms with Crippen LogP contribution in [0.15, 0.2) is 30.6 Å². The van der Waals surface area contributed by atoms with Crippen LogP contribution < -0.4 is 15.4 Å². The van der Waals surface area contributed by atoms with E-state index in [0.717, 1.165) is 24.4 Å². The number of ether oxygens (including phenoxy) is 1. The average molecular weight is 500 g/mol. The quantitative estimate of drug-likeness (QED) is 0.630. The van der Waals surface area contributed by atoms with Gasteiger partial charge < -0.3 is 20.3 Å². The van der Waals surface area contributed by atoms with Gasteiger partial charge in [0.15, 0.2) is 0 Å². The van der Waals surface area contributed by atoms with Crippen LogP contribution in [0.3, 0.4) is 0 Å². The lowest BCUT2D eigenvalue weighted by Gasteiger charge is -2.34. The van der Waals surface area contributed by atoms with E-state index in [1.165, 1.54) is 11.8 Å². The van der Waals surface area contributed by atoms with E-state index < -0.39 is 47.5 Å². The van der Waals surface area contributed by atoms with E-state index in [4.69, 9.17) is 11.6 Å². The monoisotopic (exact) mass is 499 g/mol. The van der Waals surface area contributed by atoms with Crippen LogP contribution in [0.25, 0.3) is 0 Å². The summed E-state index contributed by atoms with van der Waals surface area (Å²) in [7, 11) is 0. The summed E-state index contributed by atoms with van der Waals surface area (Å²) < 4.78 is 80.1. The van der Waals surface area contributed by atoms with E-state index in [0.29, 0.717) is 6.20 Å². The lowest BCUT2D eigenvalue weighted by Crippen LogP contribution is -2.58. The van der Waals surface area contributed by atoms with Crippen molar-refractivity contribution in [3.63, 3.8) is 0 Å². The van der Waals surface area contributed by atoms with E-state index in [1.54, 1.807) is 0 Å². The number of nitrogens with zero attached hydrogens (tertiary/aromatic N) is 3. The Morgan fingerprint density at radius 3 is 2.55 bits per heavy atom. The number of carbonyl (C=O) groups is 2. The minimum Gasteiger partial charge on any atom is -0.404 e. The molecule has 1 saturated heterocycles. The number of urea groups is 1. The molecule has 15 heteroatoms. The smallest absolute Gasteiger partial charge is 0.404 e. The second-order valence-corrected chi connectivity index (χ2v) is 7.37. The highest BCUT2D eigenvalue weighted by molar-refractivity contribution is 6.32. The van der Waals surface area contributed by atoms with Gasteiger partial charge in [-0.15, -0.1) is 26.3 Å². The Balaban J connectivity index is 1.95. The first-order chi connectivity index (χ1) is 15.3. The number of hydrogen-bond donors (Lipinski definition) is 2. The third-order valence-corrected chi connectivity index (χ3v) is 5.03. The molecule has 0 aliphatic carbocycles. The summed E-state index contributed by atoms with van der Waals surface area (Å²) in [6.07, 6.45) is -8.39. The maximum Gasteiger partial charge on any atom is 0.573 e. The number of halogens is 7. The maximum atomic E-state index is 13.0. The van der Waals surface area contributed by atoms with Gasteiger partial charge in [-0.2, -0.15) is 9.78 Å². The number of hydrogen-bond acceptors (Lipinski definition) is 4. The maximum absolute atomic E-state index is 13.0. The van der Waals surface area contributed by atoms with Crippen molar-refractivity contribution in [2.24, 2.45) is 0 Å². The van der Waals surface area contributed by atoms with Crippen LogP contribution in [-0.2, 0) is 11.1 Å². The molecule has 180 valence electrons. The van der Waals surface area contributed by atoms with Gasteiger partial charge in [0.05, 0.1) is 17.3 Å². The van der Waals surface area contributed by atoms with Crippen LogP contribution in [-0.4, -0.2) is 52.1 Å². The van der Waals surface area contributed by atoms with Gasteiger partial charge in [0.1, 0.15) is 11.8 Å². The summed E-state index contributed by atoms with van der Waals surface area (Å²) in [5, 5.41) is 7.80. The molecule has 3 rings (SSSR count). The third-order valence-electron chi connectivity index (χ3n) is 4.74. The van der Waals surface area contributed by atoms with Crippen molar-refractivity contribution in [3.8, 4) is 5.75 Å². The first-order valence-electron chi connectivity index (χ1n) is 9.28. The van der Waals surface area contributed by atoms with Gasteiger partial charge in [0.25, 0.3) is 0 Å². The topological polar surface area (TPSA) is 88.5 Å². The summed E-state index contributed by atoms with van der Waals surface area (Å²) in [5.74, 6) is -1.15. The Hall–Kier alpha value is -3.16. The molecule has 3 amide bonds. The normalized spacial score (nSPS) is 18.0. The van der Waals surface area contributed by atoms with Crippen molar-refractivity contribution in [1.82, 2.24) is 25.3 Å². The van der Waals surface area contributed by atoms with Crippen molar-refractivity contribution in [2.45, 2.75) is 31.7 Å². The number of carbonyl (C=O) groups excluding carboxylic acids is 2. The zero-order valence-corrected chi connectivity index (χ0v) is 17.4. The molecule has 0 spiro atoms. The van der Waals surface area contributed by atoms with Gasteiger partial charge >= 0.3 is 18.7 Å². The number of piperazine rings is 1. The van der Waals surface area contributed by atoms with Crippen LogP contribution in [0.4, 0.5) is 31.1 Å². The predicted octanol–water partition coefficient (Wildman–Crippen LogP) is 3.53. The largest absolute Gasteiger partial charge is 0.573 e. The number of benzene rings is 1.